The topological polar surface area (TPSA) is 0 Å². The fourth-order valence-corrected chi connectivity index (χ4v) is 4.39. The molecule has 2 aliphatic carbocycles. The maximum atomic E-state index is 2.52. The fraction of sp³-hybridized carbons (Fsp3) is 0.667. The minimum absolute atomic E-state index is 0.872. The largest absolute Gasteiger partial charge is 0.122 e. The third-order valence-corrected chi connectivity index (χ3v) is 4.94. The Hall–Kier alpha value is -0.170. The molecule has 0 bridgehead atoms. The highest BCUT2D eigenvalue weighted by molar-refractivity contribution is 8.04. The summed E-state index contributed by atoms with van der Waals surface area (Å²) in [7, 11) is 0. The summed E-state index contributed by atoms with van der Waals surface area (Å²) in [5.74, 6) is 0. The van der Waals surface area contributed by atoms with Crippen molar-refractivity contribution in [3.63, 3.8) is 0 Å². The number of allylic oxidation sites excluding steroid dienone is 3. The molecule has 3 rings (SSSR count). The molecule has 0 saturated carbocycles. The van der Waals surface area contributed by atoms with Gasteiger partial charge in [0.2, 0.25) is 0 Å². The molecule has 70 valence electrons. The molecule has 1 unspecified atom stereocenters. The summed E-state index contributed by atoms with van der Waals surface area (Å²) in [6, 6.07) is 0. The van der Waals surface area contributed by atoms with Crippen molar-refractivity contribution < 1.29 is 0 Å². The highest BCUT2D eigenvalue weighted by Gasteiger charge is 2.31. The van der Waals surface area contributed by atoms with Gasteiger partial charge in [0.05, 0.1) is 0 Å². The molecule has 3 aliphatic rings. The SMILES string of the molecule is C1=C2C3=C(CCCC3)SC2CCC1. The molecule has 0 nitrogen and oxygen atoms in total. The summed E-state index contributed by atoms with van der Waals surface area (Å²) in [4.78, 5) is 1.75. The van der Waals surface area contributed by atoms with Crippen molar-refractivity contribution in [2.45, 2.75) is 50.2 Å². The van der Waals surface area contributed by atoms with E-state index < -0.39 is 0 Å². The van der Waals surface area contributed by atoms with Gasteiger partial charge in [-0.1, -0.05) is 6.08 Å². The second-order valence-electron chi connectivity index (χ2n) is 4.31. The smallest absolute Gasteiger partial charge is 0.0341 e. The monoisotopic (exact) mass is 192 g/mol. The van der Waals surface area contributed by atoms with Crippen molar-refractivity contribution in [3.05, 3.63) is 22.1 Å². The van der Waals surface area contributed by atoms with Crippen LogP contribution < -0.4 is 0 Å². The Labute approximate surface area is 84.5 Å². The van der Waals surface area contributed by atoms with Crippen LogP contribution in [-0.4, -0.2) is 5.25 Å². The van der Waals surface area contributed by atoms with Crippen LogP contribution in [0, 0.1) is 0 Å². The van der Waals surface area contributed by atoms with Crippen LogP contribution >= 0.6 is 11.8 Å². The van der Waals surface area contributed by atoms with E-state index in [0.29, 0.717) is 0 Å². The van der Waals surface area contributed by atoms with E-state index in [9.17, 15) is 0 Å². The molecule has 1 heterocycles. The fourth-order valence-electron chi connectivity index (χ4n) is 2.77. The Morgan fingerprint density at radius 2 is 2.08 bits per heavy atom. The number of hydrogen-bond acceptors (Lipinski definition) is 1. The lowest BCUT2D eigenvalue weighted by Gasteiger charge is -2.18. The highest BCUT2D eigenvalue weighted by atomic mass is 32.2. The minimum Gasteiger partial charge on any atom is -0.122 e. The summed E-state index contributed by atoms with van der Waals surface area (Å²) in [5, 5.41) is 0.872. The van der Waals surface area contributed by atoms with Gasteiger partial charge in [-0.05, 0) is 61.0 Å². The summed E-state index contributed by atoms with van der Waals surface area (Å²) in [6.45, 7) is 0. The molecular formula is C12H16S. The first kappa shape index (κ1) is 8.16. The van der Waals surface area contributed by atoms with Crippen LogP contribution in [0.5, 0.6) is 0 Å². The quantitative estimate of drug-likeness (QED) is 0.558. The molecule has 0 amide bonds. The summed E-state index contributed by atoms with van der Waals surface area (Å²) < 4.78 is 0. The van der Waals surface area contributed by atoms with Crippen LogP contribution in [0.2, 0.25) is 0 Å². The first-order valence-electron chi connectivity index (χ1n) is 5.54. The number of hydrogen-bond donors (Lipinski definition) is 0. The van der Waals surface area contributed by atoms with E-state index >= 15 is 0 Å². The van der Waals surface area contributed by atoms with Crippen molar-refractivity contribution in [2.75, 3.05) is 0 Å². The molecule has 0 aromatic heterocycles. The molecule has 0 aromatic rings. The lowest BCUT2D eigenvalue weighted by atomic mass is 9.87. The van der Waals surface area contributed by atoms with Crippen molar-refractivity contribution in [3.8, 4) is 0 Å². The molecule has 0 saturated heterocycles. The zero-order valence-corrected chi connectivity index (χ0v) is 8.83. The Balaban J connectivity index is 1.96. The first-order chi connectivity index (χ1) is 6.45. The van der Waals surface area contributed by atoms with Gasteiger partial charge in [-0.2, -0.15) is 0 Å². The lowest BCUT2D eigenvalue weighted by Crippen LogP contribution is -2.07. The van der Waals surface area contributed by atoms with Crippen molar-refractivity contribution in [1.82, 2.24) is 0 Å². The molecule has 1 heteroatoms. The minimum atomic E-state index is 0.872. The molecule has 13 heavy (non-hydrogen) atoms. The predicted octanol–water partition coefficient (Wildman–Crippen LogP) is 4.04. The van der Waals surface area contributed by atoms with E-state index in [2.05, 4.69) is 17.8 Å². The van der Waals surface area contributed by atoms with E-state index in [0.717, 1.165) is 5.25 Å². The van der Waals surface area contributed by atoms with Gasteiger partial charge in [0, 0.05) is 5.25 Å². The average molecular weight is 192 g/mol. The number of rotatable bonds is 0. The van der Waals surface area contributed by atoms with Crippen LogP contribution in [0.15, 0.2) is 22.1 Å². The van der Waals surface area contributed by atoms with E-state index in [1.807, 2.05) is 0 Å². The maximum absolute atomic E-state index is 2.52. The van der Waals surface area contributed by atoms with E-state index in [4.69, 9.17) is 0 Å². The third-order valence-electron chi connectivity index (χ3n) is 3.43. The Kier molecular flexibility index (Phi) is 2.01. The molecule has 0 fully saturated rings. The van der Waals surface area contributed by atoms with Crippen LogP contribution in [0.25, 0.3) is 0 Å². The van der Waals surface area contributed by atoms with Gasteiger partial charge >= 0.3 is 0 Å². The zero-order chi connectivity index (χ0) is 8.67. The lowest BCUT2D eigenvalue weighted by molar-refractivity contribution is 0.681. The maximum Gasteiger partial charge on any atom is 0.0341 e. The van der Waals surface area contributed by atoms with Gasteiger partial charge in [-0.3, -0.25) is 0 Å². The zero-order valence-electron chi connectivity index (χ0n) is 8.01. The van der Waals surface area contributed by atoms with Gasteiger partial charge in [-0.25, -0.2) is 0 Å². The Morgan fingerprint density at radius 3 is 3.08 bits per heavy atom. The second kappa shape index (κ2) is 3.20. The highest BCUT2D eigenvalue weighted by Crippen LogP contribution is 2.51. The second-order valence-corrected chi connectivity index (χ2v) is 5.60. The Bertz CT molecular complexity index is 285. The van der Waals surface area contributed by atoms with Gasteiger partial charge in [0.15, 0.2) is 0 Å². The third kappa shape index (κ3) is 1.28. The van der Waals surface area contributed by atoms with Crippen LogP contribution in [0.4, 0.5) is 0 Å². The van der Waals surface area contributed by atoms with Crippen LogP contribution in [0.1, 0.15) is 44.9 Å². The summed E-state index contributed by atoms with van der Waals surface area (Å²) in [6.07, 6.45) is 12.3. The molecule has 0 aromatic carbocycles. The molecule has 1 aliphatic heterocycles. The van der Waals surface area contributed by atoms with E-state index in [1.54, 1.807) is 16.1 Å². The van der Waals surface area contributed by atoms with Gasteiger partial charge in [0.25, 0.3) is 0 Å². The standard InChI is InChI=1S/C12H16S/c1-3-7-11-9(5-1)10-6-2-4-8-12(10)13-11/h5,11H,1-4,6-8H2. The van der Waals surface area contributed by atoms with Crippen LogP contribution in [0.3, 0.4) is 0 Å². The van der Waals surface area contributed by atoms with Crippen molar-refractivity contribution in [1.29, 1.82) is 0 Å². The van der Waals surface area contributed by atoms with Gasteiger partial charge in [0.1, 0.15) is 0 Å². The molecular weight excluding hydrogens is 176 g/mol. The van der Waals surface area contributed by atoms with Gasteiger partial charge < -0.3 is 0 Å². The molecule has 0 radical (unpaired) electrons. The van der Waals surface area contributed by atoms with Crippen LogP contribution in [-0.2, 0) is 0 Å². The molecule has 1 atom stereocenters. The number of thioether (sulfide) groups is 1. The average Bonchev–Trinajstić information content (AvgIpc) is 2.56. The molecule has 0 N–H and O–H groups in total. The predicted molar refractivity (Wildman–Crippen MR) is 58.8 cm³/mol. The molecule has 0 spiro atoms. The number of fused-ring (bicyclic) bond motifs is 2. The normalized spacial score (nSPS) is 32.6. The summed E-state index contributed by atoms with van der Waals surface area (Å²) in [5.41, 5.74) is 3.51. The summed E-state index contributed by atoms with van der Waals surface area (Å²) >= 11 is 2.19. The Morgan fingerprint density at radius 1 is 1.15 bits per heavy atom. The first-order valence-corrected chi connectivity index (χ1v) is 6.42. The van der Waals surface area contributed by atoms with Crippen molar-refractivity contribution in [2.24, 2.45) is 0 Å². The van der Waals surface area contributed by atoms with E-state index in [-0.39, 0.29) is 0 Å². The van der Waals surface area contributed by atoms with E-state index in [1.165, 1.54) is 44.9 Å². The van der Waals surface area contributed by atoms with Crippen molar-refractivity contribution >= 4 is 11.8 Å². The van der Waals surface area contributed by atoms with Gasteiger partial charge in [-0.15, -0.1) is 11.8 Å².